The van der Waals surface area contributed by atoms with Gasteiger partial charge in [0.25, 0.3) is 0 Å². The summed E-state index contributed by atoms with van der Waals surface area (Å²) in [4.78, 5) is 8.08. The lowest BCUT2D eigenvalue weighted by Gasteiger charge is -1.92. The Labute approximate surface area is 129 Å². The Balaban J connectivity index is 1.74. The van der Waals surface area contributed by atoms with Gasteiger partial charge in [-0.2, -0.15) is 0 Å². The van der Waals surface area contributed by atoms with Crippen LogP contribution in [0, 0.1) is 23.7 Å². The van der Waals surface area contributed by atoms with Crippen LogP contribution in [0.5, 0.6) is 0 Å². The number of nitrogens with zero attached hydrogens (tertiary/aromatic N) is 2. The van der Waals surface area contributed by atoms with Crippen LogP contribution in [-0.2, 0) is 0 Å². The van der Waals surface area contributed by atoms with Crippen molar-refractivity contribution in [2.24, 2.45) is 0 Å². The smallest absolute Gasteiger partial charge is 0.0432 e. The van der Waals surface area contributed by atoms with Gasteiger partial charge in [0, 0.05) is 47.0 Å². The van der Waals surface area contributed by atoms with E-state index in [1.54, 1.807) is 24.8 Å². The van der Waals surface area contributed by atoms with Crippen molar-refractivity contribution in [3.05, 3.63) is 95.6 Å². The maximum Gasteiger partial charge on any atom is 0.0432 e. The van der Waals surface area contributed by atoms with Crippen LogP contribution in [0.3, 0.4) is 0 Å². The van der Waals surface area contributed by atoms with Crippen molar-refractivity contribution in [2.45, 2.75) is 0 Å². The molecule has 102 valence electrons. The molecule has 22 heavy (non-hydrogen) atoms. The second-order valence-electron chi connectivity index (χ2n) is 4.56. The molecular weight excluding hydrogens is 268 g/mol. The Morgan fingerprint density at radius 3 is 1.27 bits per heavy atom. The zero-order chi connectivity index (χ0) is 15.0. The lowest BCUT2D eigenvalue weighted by Crippen LogP contribution is -1.80. The molecule has 3 aromatic rings. The predicted octanol–water partition coefficient (Wildman–Crippen LogP) is 3.28. The Hall–Kier alpha value is -3.36. The van der Waals surface area contributed by atoms with E-state index in [0.717, 1.165) is 22.3 Å². The first-order valence-electron chi connectivity index (χ1n) is 6.84. The van der Waals surface area contributed by atoms with Gasteiger partial charge < -0.3 is 0 Å². The van der Waals surface area contributed by atoms with Gasteiger partial charge in [0.05, 0.1) is 0 Å². The quantitative estimate of drug-likeness (QED) is 0.591. The van der Waals surface area contributed by atoms with Gasteiger partial charge in [-0.3, -0.25) is 9.97 Å². The monoisotopic (exact) mass is 280 g/mol. The summed E-state index contributed by atoms with van der Waals surface area (Å²) in [6.07, 6.45) is 6.98. The van der Waals surface area contributed by atoms with E-state index >= 15 is 0 Å². The van der Waals surface area contributed by atoms with Gasteiger partial charge in [-0.05, 0) is 48.5 Å². The van der Waals surface area contributed by atoms with Crippen molar-refractivity contribution >= 4 is 0 Å². The number of hydrogen-bond donors (Lipinski definition) is 0. The molecule has 1 aromatic carbocycles. The predicted molar refractivity (Wildman–Crippen MR) is 86.9 cm³/mol. The van der Waals surface area contributed by atoms with E-state index in [-0.39, 0.29) is 0 Å². The zero-order valence-electron chi connectivity index (χ0n) is 11.8. The fourth-order valence-electron chi connectivity index (χ4n) is 1.80. The van der Waals surface area contributed by atoms with Crippen molar-refractivity contribution in [3.8, 4) is 23.7 Å². The van der Waals surface area contributed by atoms with Crippen LogP contribution in [0.4, 0.5) is 0 Å². The summed E-state index contributed by atoms with van der Waals surface area (Å²) in [6, 6.07) is 15.5. The summed E-state index contributed by atoms with van der Waals surface area (Å²) in [7, 11) is 0. The fourth-order valence-corrected chi connectivity index (χ4v) is 1.80. The first kappa shape index (κ1) is 13.6. The van der Waals surface area contributed by atoms with E-state index in [1.807, 2.05) is 48.5 Å². The lowest BCUT2D eigenvalue weighted by molar-refractivity contribution is 1.31. The van der Waals surface area contributed by atoms with Crippen LogP contribution in [0.25, 0.3) is 0 Å². The summed E-state index contributed by atoms with van der Waals surface area (Å²) < 4.78 is 0. The standard InChI is InChI=1S/C20H12N2/c1-3-19(15-21-13-1)11-9-17-5-7-18(8-6-17)10-12-20-4-2-14-22-16-20/h1-8,13-16H. The number of benzene rings is 1. The molecule has 0 radical (unpaired) electrons. The molecule has 0 aliphatic heterocycles. The van der Waals surface area contributed by atoms with Crippen LogP contribution in [0.2, 0.25) is 0 Å². The molecule has 0 bridgehead atoms. The minimum Gasteiger partial charge on any atom is -0.263 e. The molecule has 0 saturated carbocycles. The lowest BCUT2D eigenvalue weighted by atomic mass is 10.1. The molecule has 0 unspecified atom stereocenters. The van der Waals surface area contributed by atoms with Gasteiger partial charge in [-0.15, -0.1) is 0 Å². The summed E-state index contributed by atoms with van der Waals surface area (Å²) in [5, 5.41) is 0. The normalized spacial score (nSPS) is 9.09. The van der Waals surface area contributed by atoms with Crippen molar-refractivity contribution in [3.63, 3.8) is 0 Å². The van der Waals surface area contributed by atoms with Gasteiger partial charge in [0.1, 0.15) is 0 Å². The summed E-state index contributed by atoms with van der Waals surface area (Å²) >= 11 is 0. The van der Waals surface area contributed by atoms with Crippen LogP contribution < -0.4 is 0 Å². The molecule has 2 heteroatoms. The highest BCUT2D eigenvalue weighted by Gasteiger charge is 1.90. The highest BCUT2D eigenvalue weighted by Crippen LogP contribution is 2.03. The third-order valence-corrected chi connectivity index (χ3v) is 2.91. The number of hydrogen-bond acceptors (Lipinski definition) is 2. The largest absolute Gasteiger partial charge is 0.263 e. The highest BCUT2D eigenvalue weighted by atomic mass is 14.6. The highest BCUT2D eigenvalue weighted by molar-refractivity contribution is 5.47. The third kappa shape index (κ3) is 3.82. The fraction of sp³-hybridized carbons (Fsp3) is 0. The van der Waals surface area contributed by atoms with E-state index in [2.05, 4.69) is 33.6 Å². The van der Waals surface area contributed by atoms with Gasteiger partial charge >= 0.3 is 0 Å². The second kappa shape index (κ2) is 6.88. The molecule has 0 atom stereocenters. The first-order chi connectivity index (χ1) is 10.9. The molecule has 0 fully saturated rings. The average Bonchev–Trinajstić information content (AvgIpc) is 2.61. The molecule has 0 spiro atoms. The topological polar surface area (TPSA) is 25.8 Å². The summed E-state index contributed by atoms with van der Waals surface area (Å²) in [6.45, 7) is 0. The minimum atomic E-state index is 0.906. The number of aromatic nitrogens is 2. The Morgan fingerprint density at radius 2 is 0.909 bits per heavy atom. The van der Waals surface area contributed by atoms with Crippen molar-refractivity contribution in [1.29, 1.82) is 0 Å². The Bertz CT molecular complexity index is 783. The second-order valence-corrected chi connectivity index (χ2v) is 4.56. The molecule has 0 amide bonds. The maximum absolute atomic E-state index is 4.04. The van der Waals surface area contributed by atoms with E-state index < -0.39 is 0 Å². The SMILES string of the molecule is C(#Cc1cccnc1)c1ccc(C#Cc2cccnc2)cc1. The van der Waals surface area contributed by atoms with Crippen LogP contribution in [-0.4, -0.2) is 9.97 Å². The molecule has 2 nitrogen and oxygen atoms in total. The number of pyridine rings is 2. The minimum absolute atomic E-state index is 0.906. The van der Waals surface area contributed by atoms with Crippen LogP contribution >= 0.6 is 0 Å². The zero-order valence-corrected chi connectivity index (χ0v) is 11.8. The Morgan fingerprint density at radius 1 is 0.500 bits per heavy atom. The molecule has 2 heterocycles. The summed E-state index contributed by atoms with van der Waals surface area (Å²) in [5.41, 5.74) is 3.72. The third-order valence-electron chi connectivity index (χ3n) is 2.91. The van der Waals surface area contributed by atoms with E-state index in [9.17, 15) is 0 Å². The van der Waals surface area contributed by atoms with Crippen LogP contribution in [0.15, 0.2) is 73.3 Å². The number of rotatable bonds is 0. The van der Waals surface area contributed by atoms with E-state index in [4.69, 9.17) is 0 Å². The van der Waals surface area contributed by atoms with Gasteiger partial charge in [-0.1, -0.05) is 23.7 Å². The molecular formula is C20H12N2. The van der Waals surface area contributed by atoms with Gasteiger partial charge in [0.2, 0.25) is 0 Å². The average molecular weight is 280 g/mol. The van der Waals surface area contributed by atoms with Gasteiger partial charge in [0.15, 0.2) is 0 Å². The maximum atomic E-state index is 4.04. The molecule has 0 aliphatic carbocycles. The van der Waals surface area contributed by atoms with Crippen molar-refractivity contribution < 1.29 is 0 Å². The molecule has 0 saturated heterocycles. The van der Waals surface area contributed by atoms with Gasteiger partial charge in [-0.25, -0.2) is 0 Å². The first-order valence-corrected chi connectivity index (χ1v) is 6.84. The van der Waals surface area contributed by atoms with E-state index in [0.29, 0.717) is 0 Å². The van der Waals surface area contributed by atoms with E-state index in [1.165, 1.54) is 0 Å². The molecule has 0 N–H and O–H groups in total. The molecule has 2 aromatic heterocycles. The van der Waals surface area contributed by atoms with Crippen molar-refractivity contribution in [1.82, 2.24) is 9.97 Å². The molecule has 3 rings (SSSR count). The van der Waals surface area contributed by atoms with Crippen molar-refractivity contribution in [2.75, 3.05) is 0 Å². The molecule has 0 aliphatic rings. The Kier molecular flexibility index (Phi) is 4.26. The van der Waals surface area contributed by atoms with Crippen LogP contribution in [0.1, 0.15) is 22.3 Å². The summed E-state index contributed by atoms with van der Waals surface area (Å²) in [5.74, 6) is 12.4.